The third-order valence-electron chi connectivity index (χ3n) is 8.92. The second-order valence-electron chi connectivity index (χ2n) is 13.0. The second-order valence-corrected chi connectivity index (χ2v) is 20.4. The second kappa shape index (κ2) is 11.4. The molecule has 0 spiro atoms. The standard InChI is InChI=1S/C25H17.C12H19.C3H6.Zr/c1-3-7-18(8-4-1)20-11-13-24-22(15-20)17-23-16-21(12-14-25(23)24)19-9-5-2-6-10-19;1-5-6-10-7-8-11(9-10)12(2,3)4;1-3-2;/h1-17H;8-10H,5-6H2,1-4H3;1-2H3;. The Morgan fingerprint density at radius 2 is 1.20 bits per heavy atom. The first kappa shape index (κ1) is 28.2. The van der Waals surface area contributed by atoms with E-state index in [1.54, 1.807) is 23.2 Å². The van der Waals surface area contributed by atoms with Crippen LogP contribution in [0.4, 0.5) is 0 Å². The van der Waals surface area contributed by atoms with Gasteiger partial charge in [0.25, 0.3) is 0 Å². The Bertz CT molecular complexity index is 1580. The third kappa shape index (κ3) is 5.39. The van der Waals surface area contributed by atoms with E-state index >= 15 is 0 Å². The van der Waals surface area contributed by atoms with Crippen molar-refractivity contribution in [2.24, 2.45) is 11.3 Å². The van der Waals surface area contributed by atoms with Crippen LogP contribution in [0, 0.1) is 11.3 Å². The molecule has 2 aliphatic carbocycles. The Hall–Kier alpha value is -2.89. The van der Waals surface area contributed by atoms with Gasteiger partial charge in [-0.25, -0.2) is 0 Å². The fraction of sp³-hybridized carbons (Fsp3) is 0.275. The average Bonchev–Trinajstić information content (AvgIpc) is 3.53. The summed E-state index contributed by atoms with van der Waals surface area (Å²) in [5, 5.41) is 0. The van der Waals surface area contributed by atoms with Crippen molar-refractivity contribution >= 4 is 3.21 Å². The molecule has 0 radical (unpaired) electrons. The molecule has 4 aromatic carbocycles. The molecule has 0 amide bonds. The summed E-state index contributed by atoms with van der Waals surface area (Å²) in [5.41, 5.74) is 13.0. The normalized spacial score (nSPS) is 16.2. The molecule has 1 atom stereocenters. The van der Waals surface area contributed by atoms with Gasteiger partial charge in [-0.2, -0.15) is 0 Å². The molecule has 4 aromatic rings. The van der Waals surface area contributed by atoms with E-state index < -0.39 is 21.3 Å². The quantitative estimate of drug-likeness (QED) is 0.203. The number of allylic oxidation sites excluding steroid dienone is 4. The molecule has 0 saturated carbocycles. The van der Waals surface area contributed by atoms with Crippen molar-refractivity contribution in [1.29, 1.82) is 0 Å². The number of hydrogen-bond donors (Lipinski definition) is 0. The third-order valence-corrected chi connectivity index (χ3v) is 17.3. The minimum absolute atomic E-state index is 0.177. The minimum atomic E-state index is -2.39. The molecule has 1 heteroatoms. The van der Waals surface area contributed by atoms with Crippen LogP contribution in [0.5, 0.6) is 0 Å². The summed E-state index contributed by atoms with van der Waals surface area (Å²) in [4.78, 5) is 0. The Balaban J connectivity index is 1.58. The fourth-order valence-corrected chi connectivity index (χ4v) is 15.5. The molecule has 0 N–H and O–H groups in total. The van der Waals surface area contributed by atoms with Crippen molar-refractivity contribution in [3.8, 4) is 33.4 Å². The van der Waals surface area contributed by atoms with Crippen LogP contribution in [0.2, 0.25) is 0 Å². The molecular formula is C40H42Zr. The van der Waals surface area contributed by atoms with Gasteiger partial charge < -0.3 is 0 Å². The Kier molecular flexibility index (Phi) is 7.86. The van der Waals surface area contributed by atoms with E-state index in [4.69, 9.17) is 0 Å². The van der Waals surface area contributed by atoms with Crippen molar-refractivity contribution in [2.75, 3.05) is 0 Å². The van der Waals surface area contributed by atoms with Gasteiger partial charge in [0.1, 0.15) is 0 Å². The molecule has 0 aromatic heterocycles. The SMILES string of the molecule is CCCC1C=C(C(C)(C)C)C=[C]1[Zr](=[C](C)C)[CH]1c2cc(-c3ccccc3)ccc2-c2ccc(-c3ccccc3)cc21. The van der Waals surface area contributed by atoms with Crippen molar-refractivity contribution in [1.82, 2.24) is 0 Å². The molecule has 0 nitrogen and oxygen atoms in total. The first-order chi connectivity index (χ1) is 19.8. The molecule has 0 fully saturated rings. The van der Waals surface area contributed by atoms with Gasteiger partial charge in [-0.3, -0.25) is 0 Å². The first-order valence-electron chi connectivity index (χ1n) is 15.3. The van der Waals surface area contributed by atoms with Gasteiger partial charge in [0.15, 0.2) is 0 Å². The van der Waals surface area contributed by atoms with Crippen molar-refractivity contribution in [3.63, 3.8) is 0 Å². The topological polar surface area (TPSA) is 0 Å². The number of fused-ring (bicyclic) bond motifs is 3. The van der Waals surface area contributed by atoms with Gasteiger partial charge in [-0.05, 0) is 0 Å². The average molecular weight is 614 g/mol. The monoisotopic (exact) mass is 612 g/mol. The van der Waals surface area contributed by atoms with E-state index in [9.17, 15) is 0 Å². The van der Waals surface area contributed by atoms with Gasteiger partial charge in [0.05, 0.1) is 0 Å². The van der Waals surface area contributed by atoms with Gasteiger partial charge in [-0.15, -0.1) is 0 Å². The van der Waals surface area contributed by atoms with E-state index in [0.29, 0.717) is 9.54 Å². The van der Waals surface area contributed by atoms with E-state index in [1.807, 2.05) is 0 Å². The number of benzene rings is 4. The molecule has 206 valence electrons. The zero-order chi connectivity index (χ0) is 28.7. The van der Waals surface area contributed by atoms with Crippen molar-refractivity contribution in [2.45, 2.75) is 58.0 Å². The summed E-state index contributed by atoms with van der Waals surface area (Å²) in [7, 11) is 0. The predicted octanol–water partition coefficient (Wildman–Crippen LogP) is 11.2. The fourth-order valence-electron chi connectivity index (χ4n) is 6.86. The number of hydrogen-bond acceptors (Lipinski definition) is 0. The Morgan fingerprint density at radius 1 is 0.683 bits per heavy atom. The van der Waals surface area contributed by atoms with E-state index in [-0.39, 0.29) is 5.41 Å². The van der Waals surface area contributed by atoms with Gasteiger partial charge in [0.2, 0.25) is 0 Å². The van der Waals surface area contributed by atoms with E-state index in [1.165, 1.54) is 46.2 Å². The molecule has 0 heterocycles. The van der Waals surface area contributed by atoms with Crippen LogP contribution >= 0.6 is 0 Å². The molecule has 0 bridgehead atoms. The molecule has 0 aliphatic heterocycles. The molecule has 6 rings (SSSR count). The van der Waals surface area contributed by atoms with E-state index in [2.05, 4.69) is 151 Å². The zero-order valence-corrected chi connectivity index (χ0v) is 27.9. The molecule has 41 heavy (non-hydrogen) atoms. The van der Waals surface area contributed by atoms with Gasteiger partial charge in [0, 0.05) is 0 Å². The predicted molar refractivity (Wildman–Crippen MR) is 175 cm³/mol. The van der Waals surface area contributed by atoms with Crippen LogP contribution in [0.25, 0.3) is 33.4 Å². The van der Waals surface area contributed by atoms with Crippen molar-refractivity contribution < 1.29 is 21.3 Å². The maximum atomic E-state index is 2.67. The molecule has 0 saturated heterocycles. The summed E-state index contributed by atoms with van der Waals surface area (Å²) < 4.78 is 3.98. The molecule has 2 aliphatic rings. The summed E-state index contributed by atoms with van der Waals surface area (Å²) >= 11 is -2.39. The Labute approximate surface area is 255 Å². The van der Waals surface area contributed by atoms with E-state index in [0.717, 1.165) is 0 Å². The maximum absolute atomic E-state index is 2.67. The summed E-state index contributed by atoms with van der Waals surface area (Å²) in [6, 6.07) is 36.4. The number of rotatable bonds is 6. The summed E-state index contributed by atoms with van der Waals surface area (Å²) in [6.45, 7) is 14.4. The van der Waals surface area contributed by atoms with Crippen LogP contribution in [0.1, 0.15) is 69.1 Å². The first-order valence-corrected chi connectivity index (χ1v) is 19.1. The zero-order valence-electron chi connectivity index (χ0n) is 25.5. The van der Waals surface area contributed by atoms with Crippen LogP contribution in [-0.2, 0) is 21.3 Å². The van der Waals surface area contributed by atoms with Gasteiger partial charge in [-0.1, -0.05) is 0 Å². The van der Waals surface area contributed by atoms with Crippen LogP contribution in [-0.4, -0.2) is 3.21 Å². The molecule has 1 unspecified atom stereocenters. The summed E-state index contributed by atoms with van der Waals surface area (Å²) in [5.74, 6) is 0.584. The van der Waals surface area contributed by atoms with Crippen molar-refractivity contribution in [3.05, 3.63) is 129 Å². The molecular weight excluding hydrogens is 572 g/mol. The Morgan fingerprint density at radius 3 is 1.63 bits per heavy atom. The van der Waals surface area contributed by atoms with Gasteiger partial charge >= 0.3 is 256 Å². The van der Waals surface area contributed by atoms with Crippen LogP contribution < -0.4 is 0 Å². The van der Waals surface area contributed by atoms with Crippen LogP contribution in [0.3, 0.4) is 0 Å². The summed E-state index contributed by atoms with van der Waals surface area (Å²) in [6.07, 6.45) is 7.79. The van der Waals surface area contributed by atoms with Crippen LogP contribution in [0.15, 0.2) is 118 Å².